The highest BCUT2D eigenvalue weighted by Crippen LogP contribution is 2.70. The lowest BCUT2D eigenvalue weighted by atomic mass is 9.48. The van der Waals surface area contributed by atoms with Crippen LogP contribution < -0.4 is 0 Å². The number of halogens is 4. The van der Waals surface area contributed by atoms with Crippen LogP contribution in [0.15, 0.2) is 22.2 Å². The Morgan fingerprint density at radius 1 is 0.833 bits per heavy atom. The summed E-state index contributed by atoms with van der Waals surface area (Å²) in [5, 5.41) is 1.24. The molecule has 98 valence electrons. The van der Waals surface area contributed by atoms with Gasteiger partial charge in [-0.05, 0) is 49.4 Å². The van der Waals surface area contributed by atoms with E-state index < -0.39 is 9.75 Å². The number of rotatable bonds is 0. The lowest BCUT2D eigenvalue weighted by Gasteiger charge is -2.63. The molecule has 0 aliphatic heterocycles. The molecule has 2 saturated carbocycles. The second kappa shape index (κ2) is 3.64. The molecule has 6 unspecified atom stereocenters. The maximum absolute atomic E-state index is 6.91. The molecule has 0 aromatic carbocycles. The average molecular weight is 324 g/mol. The van der Waals surface area contributed by atoms with E-state index in [0.717, 1.165) is 12.8 Å². The monoisotopic (exact) mass is 322 g/mol. The quantitative estimate of drug-likeness (QED) is 0.421. The molecule has 2 fully saturated rings. The van der Waals surface area contributed by atoms with E-state index in [1.165, 1.54) is 12.8 Å². The van der Waals surface area contributed by atoms with E-state index >= 15 is 0 Å². The second-order valence-electron chi connectivity index (χ2n) is 6.19. The number of hydrogen-bond donors (Lipinski definition) is 0. The highest BCUT2D eigenvalue weighted by Gasteiger charge is 2.67. The molecule has 0 spiro atoms. The van der Waals surface area contributed by atoms with Gasteiger partial charge in [0.2, 0.25) is 0 Å². The SMILES string of the molecule is ClC1=C(Cl)C2(Cl)CCC1(Cl)C1C3C=CC(CC3)C12. The van der Waals surface area contributed by atoms with E-state index in [2.05, 4.69) is 12.2 Å². The molecular formula is C14H14Cl4. The minimum Gasteiger partial charge on any atom is -0.113 e. The first-order valence-corrected chi connectivity index (χ1v) is 8.12. The van der Waals surface area contributed by atoms with Gasteiger partial charge in [0.15, 0.2) is 0 Å². The van der Waals surface area contributed by atoms with Gasteiger partial charge in [-0.3, -0.25) is 0 Å². The molecule has 0 saturated heterocycles. The summed E-state index contributed by atoms with van der Waals surface area (Å²) in [6.45, 7) is 0. The molecule has 6 aliphatic rings. The van der Waals surface area contributed by atoms with Crippen LogP contribution in [0.3, 0.4) is 0 Å². The van der Waals surface area contributed by atoms with Gasteiger partial charge in [-0.15, -0.1) is 23.2 Å². The van der Waals surface area contributed by atoms with Crippen molar-refractivity contribution in [3.05, 3.63) is 22.2 Å². The predicted molar refractivity (Wildman–Crippen MR) is 77.5 cm³/mol. The van der Waals surface area contributed by atoms with Crippen LogP contribution >= 0.6 is 46.4 Å². The minimum absolute atomic E-state index is 0.365. The zero-order valence-electron chi connectivity index (χ0n) is 9.80. The van der Waals surface area contributed by atoms with Crippen LogP contribution in [0, 0.1) is 23.7 Å². The minimum atomic E-state index is -0.464. The van der Waals surface area contributed by atoms with Crippen LogP contribution in [-0.2, 0) is 0 Å². The second-order valence-corrected chi connectivity index (χ2v) is 8.30. The maximum atomic E-state index is 6.91. The van der Waals surface area contributed by atoms with Crippen LogP contribution in [0.2, 0.25) is 0 Å². The Bertz CT molecular complexity index is 440. The molecular weight excluding hydrogens is 310 g/mol. The molecule has 18 heavy (non-hydrogen) atoms. The fourth-order valence-corrected chi connectivity index (χ4v) is 6.66. The van der Waals surface area contributed by atoms with Gasteiger partial charge in [-0.25, -0.2) is 0 Å². The fraction of sp³-hybridized carbons (Fsp3) is 0.714. The van der Waals surface area contributed by atoms with Crippen LogP contribution in [0.5, 0.6) is 0 Å². The summed E-state index contributed by atoms with van der Waals surface area (Å²) >= 11 is 26.7. The first-order chi connectivity index (χ1) is 8.48. The number of hydrogen-bond acceptors (Lipinski definition) is 0. The molecule has 4 heteroatoms. The van der Waals surface area contributed by atoms with Crippen molar-refractivity contribution in [3.8, 4) is 0 Å². The molecule has 0 radical (unpaired) electrons. The lowest BCUT2D eigenvalue weighted by Crippen LogP contribution is -2.63. The Kier molecular flexibility index (Phi) is 2.50. The molecule has 6 atom stereocenters. The Balaban J connectivity index is 1.96. The number of allylic oxidation sites excluding steroid dienone is 4. The normalized spacial score (nSPS) is 57.1. The van der Waals surface area contributed by atoms with Crippen LogP contribution in [0.4, 0.5) is 0 Å². The van der Waals surface area contributed by atoms with Gasteiger partial charge < -0.3 is 0 Å². The molecule has 0 amide bonds. The fourth-order valence-electron chi connectivity index (χ4n) is 4.82. The molecule has 0 nitrogen and oxygen atoms in total. The van der Waals surface area contributed by atoms with E-state index in [1.807, 2.05) is 0 Å². The first-order valence-electron chi connectivity index (χ1n) is 6.61. The van der Waals surface area contributed by atoms with E-state index in [4.69, 9.17) is 46.4 Å². The summed E-state index contributed by atoms with van der Waals surface area (Å²) in [4.78, 5) is -0.928. The van der Waals surface area contributed by atoms with Crippen LogP contribution in [0.25, 0.3) is 0 Å². The summed E-state index contributed by atoms with van der Waals surface area (Å²) < 4.78 is 0. The van der Waals surface area contributed by atoms with Crippen molar-refractivity contribution in [2.75, 3.05) is 0 Å². The molecule has 0 heterocycles. The van der Waals surface area contributed by atoms with Crippen molar-refractivity contribution in [1.29, 1.82) is 0 Å². The van der Waals surface area contributed by atoms with E-state index in [1.54, 1.807) is 0 Å². The van der Waals surface area contributed by atoms with Gasteiger partial charge in [0.1, 0.15) is 0 Å². The van der Waals surface area contributed by atoms with Crippen molar-refractivity contribution in [3.63, 3.8) is 0 Å². The van der Waals surface area contributed by atoms with Crippen LogP contribution in [-0.4, -0.2) is 9.75 Å². The van der Waals surface area contributed by atoms with Crippen molar-refractivity contribution >= 4 is 46.4 Å². The van der Waals surface area contributed by atoms with E-state index in [9.17, 15) is 0 Å². The van der Waals surface area contributed by atoms with E-state index in [0.29, 0.717) is 33.7 Å². The van der Waals surface area contributed by atoms with Crippen LogP contribution in [0.1, 0.15) is 25.7 Å². The van der Waals surface area contributed by atoms with Crippen molar-refractivity contribution in [2.24, 2.45) is 23.7 Å². The lowest BCUT2D eigenvalue weighted by molar-refractivity contribution is 0.0269. The Morgan fingerprint density at radius 3 is 1.56 bits per heavy atom. The molecule has 6 aliphatic carbocycles. The van der Waals surface area contributed by atoms with Crippen molar-refractivity contribution in [1.82, 2.24) is 0 Å². The number of fused-ring (bicyclic) bond motifs is 2. The standard InChI is InChI=1S/C14H14Cl4/c15-11-12(16)14(18)6-5-13(11,17)9-7-1-2-8(4-3-7)10(9)14/h1-2,7-10H,3-6H2. The summed E-state index contributed by atoms with van der Waals surface area (Å²) in [5.41, 5.74) is 0. The number of alkyl halides is 2. The highest BCUT2D eigenvalue weighted by molar-refractivity contribution is 6.49. The summed E-state index contributed by atoms with van der Waals surface area (Å²) in [6, 6.07) is 0. The van der Waals surface area contributed by atoms with Gasteiger partial charge >= 0.3 is 0 Å². The van der Waals surface area contributed by atoms with Gasteiger partial charge in [0, 0.05) is 0 Å². The molecule has 0 N–H and O–H groups in total. The maximum Gasteiger partial charge on any atom is 0.0851 e. The third-order valence-corrected chi connectivity index (χ3v) is 8.18. The molecule has 4 bridgehead atoms. The topological polar surface area (TPSA) is 0 Å². The molecule has 0 aromatic rings. The largest absolute Gasteiger partial charge is 0.113 e. The van der Waals surface area contributed by atoms with Gasteiger partial charge in [-0.2, -0.15) is 0 Å². The first kappa shape index (κ1) is 12.4. The third-order valence-electron chi connectivity index (χ3n) is 5.58. The Morgan fingerprint density at radius 2 is 1.22 bits per heavy atom. The zero-order valence-corrected chi connectivity index (χ0v) is 12.8. The smallest absolute Gasteiger partial charge is 0.0851 e. The van der Waals surface area contributed by atoms with Gasteiger partial charge in [0.05, 0.1) is 19.8 Å². The van der Waals surface area contributed by atoms with Crippen molar-refractivity contribution in [2.45, 2.75) is 35.4 Å². The van der Waals surface area contributed by atoms with Gasteiger partial charge in [0.25, 0.3) is 0 Å². The highest BCUT2D eigenvalue weighted by atomic mass is 35.5. The molecule has 6 rings (SSSR count). The van der Waals surface area contributed by atoms with E-state index in [-0.39, 0.29) is 0 Å². The van der Waals surface area contributed by atoms with Gasteiger partial charge in [-0.1, -0.05) is 35.4 Å². The third kappa shape index (κ3) is 1.23. The zero-order chi connectivity index (χ0) is 12.7. The Hall–Kier alpha value is 0.640. The Labute approximate surface area is 127 Å². The summed E-state index contributed by atoms with van der Waals surface area (Å²) in [7, 11) is 0. The summed E-state index contributed by atoms with van der Waals surface area (Å²) in [5.74, 6) is 1.78. The average Bonchev–Trinajstić information content (AvgIpc) is 2.41. The van der Waals surface area contributed by atoms with Crippen molar-refractivity contribution < 1.29 is 0 Å². The summed E-state index contributed by atoms with van der Waals surface area (Å²) in [6.07, 6.45) is 8.80. The molecule has 0 aromatic heterocycles. The predicted octanol–water partition coefficient (Wildman–Crippen LogP) is 5.27.